The molecule has 8 heteroatoms. The van der Waals surface area contributed by atoms with Gasteiger partial charge in [0.15, 0.2) is 0 Å². The van der Waals surface area contributed by atoms with Crippen LogP contribution >= 0.6 is 11.8 Å². The summed E-state index contributed by atoms with van der Waals surface area (Å²) in [6, 6.07) is 16.1. The molecule has 3 heterocycles. The predicted octanol–water partition coefficient (Wildman–Crippen LogP) is 2.74. The minimum absolute atomic E-state index is 0.138. The molecule has 0 bridgehead atoms. The van der Waals surface area contributed by atoms with E-state index in [1.807, 2.05) is 60.8 Å². The van der Waals surface area contributed by atoms with E-state index in [4.69, 9.17) is 4.74 Å². The van der Waals surface area contributed by atoms with Gasteiger partial charge < -0.3 is 19.5 Å². The largest absolute Gasteiger partial charge is 0.467 e. The lowest BCUT2D eigenvalue weighted by Gasteiger charge is -2.41. The highest BCUT2D eigenvalue weighted by atomic mass is 32.2. The Morgan fingerprint density at radius 1 is 1.16 bits per heavy atom. The van der Waals surface area contributed by atoms with E-state index in [-0.39, 0.29) is 30.2 Å². The molecule has 2 fully saturated rings. The van der Waals surface area contributed by atoms with Gasteiger partial charge in [-0.25, -0.2) is 4.79 Å². The first-order valence-corrected chi connectivity index (χ1v) is 11.5. The number of piperazine rings is 1. The highest BCUT2D eigenvalue weighted by Crippen LogP contribution is 2.43. The summed E-state index contributed by atoms with van der Waals surface area (Å²) in [7, 11) is 1.31. The lowest BCUT2D eigenvalue weighted by molar-refractivity contribution is -0.163. The summed E-state index contributed by atoms with van der Waals surface area (Å²) in [6.07, 6.45) is 2.12. The highest BCUT2D eigenvalue weighted by molar-refractivity contribution is 7.99. The number of H-pyrrole nitrogens is 1. The van der Waals surface area contributed by atoms with Gasteiger partial charge in [-0.15, -0.1) is 11.8 Å². The van der Waals surface area contributed by atoms with E-state index in [1.165, 1.54) is 12.0 Å². The van der Waals surface area contributed by atoms with E-state index in [0.717, 1.165) is 22.0 Å². The minimum atomic E-state index is -0.862. The topological polar surface area (TPSA) is 82.7 Å². The fourth-order valence-electron chi connectivity index (χ4n) is 4.60. The van der Waals surface area contributed by atoms with Crippen LogP contribution in [0.3, 0.4) is 0 Å². The summed E-state index contributed by atoms with van der Waals surface area (Å²) in [6.45, 7) is -0.138. The number of rotatable bonds is 5. The van der Waals surface area contributed by atoms with E-state index >= 15 is 0 Å². The van der Waals surface area contributed by atoms with Crippen molar-refractivity contribution in [2.24, 2.45) is 0 Å². The molecule has 2 aliphatic rings. The average molecular weight is 450 g/mol. The number of nitrogens with one attached hydrogen (secondary N) is 1. The van der Waals surface area contributed by atoms with Crippen molar-refractivity contribution in [2.45, 2.75) is 23.9 Å². The molecule has 7 nitrogen and oxygen atoms in total. The van der Waals surface area contributed by atoms with Gasteiger partial charge in [0.25, 0.3) is 0 Å². The number of carbonyl (C=O) groups excluding carboxylic acids is 3. The standard InChI is InChI=1S/C24H23N3O4S/c1-31-24(30)19(11-16-12-25-18-10-6-5-9-17(16)18)26-13-21(28)27-20(22(26)29)14-32-23(27)15-7-3-2-4-8-15/h2-10,12,19-20,23,25H,11,13-14H2,1H3/t19?,20-,23+/m0/s1. The summed E-state index contributed by atoms with van der Waals surface area (Å²) < 4.78 is 5.04. The Kier molecular flexibility index (Phi) is 5.38. The van der Waals surface area contributed by atoms with E-state index in [1.54, 1.807) is 16.7 Å². The van der Waals surface area contributed by atoms with E-state index < -0.39 is 18.1 Å². The summed E-state index contributed by atoms with van der Waals surface area (Å²) in [5.41, 5.74) is 2.86. The third kappa shape index (κ3) is 3.44. The zero-order valence-corrected chi connectivity index (χ0v) is 18.4. The molecular weight excluding hydrogens is 426 g/mol. The summed E-state index contributed by atoms with van der Waals surface area (Å²) in [5.74, 6) is -0.371. The van der Waals surface area contributed by atoms with Gasteiger partial charge in [0, 0.05) is 29.3 Å². The number of thioether (sulfide) groups is 1. The Balaban J connectivity index is 1.43. The monoisotopic (exact) mass is 449 g/mol. The number of nitrogens with zero attached hydrogens (tertiary/aromatic N) is 2. The maximum atomic E-state index is 13.5. The van der Waals surface area contributed by atoms with E-state index in [2.05, 4.69) is 4.98 Å². The highest BCUT2D eigenvalue weighted by Gasteiger charge is 2.50. The number of benzene rings is 2. The van der Waals surface area contributed by atoms with Crippen molar-refractivity contribution in [2.75, 3.05) is 19.4 Å². The van der Waals surface area contributed by atoms with Gasteiger partial charge in [-0.1, -0.05) is 48.5 Å². The van der Waals surface area contributed by atoms with Crippen LogP contribution in [0.5, 0.6) is 0 Å². The Morgan fingerprint density at radius 2 is 1.91 bits per heavy atom. The molecule has 5 rings (SSSR count). The van der Waals surface area contributed by atoms with Crippen molar-refractivity contribution < 1.29 is 19.1 Å². The molecular formula is C24H23N3O4S. The van der Waals surface area contributed by atoms with Crippen molar-refractivity contribution in [3.05, 3.63) is 71.9 Å². The quantitative estimate of drug-likeness (QED) is 0.606. The fourth-order valence-corrected chi connectivity index (χ4v) is 6.04. The van der Waals surface area contributed by atoms with Gasteiger partial charge in [-0.2, -0.15) is 0 Å². The molecule has 0 radical (unpaired) electrons. The zero-order chi connectivity index (χ0) is 22.2. The lowest BCUT2D eigenvalue weighted by atomic mass is 10.0. The number of amides is 2. The fraction of sp³-hybridized carbons (Fsp3) is 0.292. The van der Waals surface area contributed by atoms with Gasteiger partial charge in [0.05, 0.1) is 7.11 Å². The van der Waals surface area contributed by atoms with Crippen molar-refractivity contribution >= 4 is 40.4 Å². The molecule has 2 amide bonds. The van der Waals surface area contributed by atoms with Crippen LogP contribution in [0.2, 0.25) is 0 Å². The van der Waals surface area contributed by atoms with Gasteiger partial charge in [0.2, 0.25) is 11.8 Å². The van der Waals surface area contributed by atoms with Gasteiger partial charge in [-0.05, 0) is 17.2 Å². The molecule has 164 valence electrons. The van der Waals surface area contributed by atoms with Crippen molar-refractivity contribution in [3.8, 4) is 0 Å². The molecule has 1 unspecified atom stereocenters. The molecule has 2 aromatic carbocycles. The van der Waals surface area contributed by atoms with Crippen molar-refractivity contribution in [1.29, 1.82) is 0 Å². The van der Waals surface area contributed by atoms with Gasteiger partial charge in [-0.3, -0.25) is 9.59 Å². The van der Waals surface area contributed by atoms with Crippen LogP contribution < -0.4 is 0 Å². The number of hydrogen-bond donors (Lipinski definition) is 1. The van der Waals surface area contributed by atoms with E-state index in [9.17, 15) is 14.4 Å². The van der Waals surface area contributed by atoms with Crippen LogP contribution in [0.15, 0.2) is 60.8 Å². The van der Waals surface area contributed by atoms with Gasteiger partial charge >= 0.3 is 5.97 Å². The maximum Gasteiger partial charge on any atom is 0.328 e. The van der Waals surface area contributed by atoms with Gasteiger partial charge in [0.1, 0.15) is 24.0 Å². The second-order valence-electron chi connectivity index (χ2n) is 7.98. The van der Waals surface area contributed by atoms with Crippen LogP contribution in [0.1, 0.15) is 16.5 Å². The smallest absolute Gasteiger partial charge is 0.328 e. The Bertz CT molecular complexity index is 1180. The third-order valence-electron chi connectivity index (χ3n) is 6.18. The number of esters is 1. The van der Waals surface area contributed by atoms with Crippen molar-refractivity contribution in [3.63, 3.8) is 0 Å². The van der Waals surface area contributed by atoms with Crippen LogP contribution in [-0.4, -0.2) is 64.1 Å². The van der Waals surface area contributed by atoms with E-state index in [0.29, 0.717) is 5.75 Å². The number of aromatic amines is 1. The molecule has 0 saturated carbocycles. The second-order valence-corrected chi connectivity index (χ2v) is 9.10. The number of aromatic nitrogens is 1. The number of hydrogen-bond acceptors (Lipinski definition) is 5. The molecule has 3 aromatic rings. The Morgan fingerprint density at radius 3 is 2.69 bits per heavy atom. The number of fused-ring (bicyclic) bond motifs is 2. The zero-order valence-electron chi connectivity index (χ0n) is 17.6. The average Bonchev–Trinajstić information content (AvgIpc) is 3.45. The predicted molar refractivity (Wildman–Crippen MR) is 122 cm³/mol. The first kappa shape index (κ1) is 20.6. The summed E-state index contributed by atoms with van der Waals surface area (Å²) >= 11 is 1.58. The molecule has 3 atom stereocenters. The molecule has 2 saturated heterocycles. The Hall–Kier alpha value is -3.26. The maximum absolute atomic E-state index is 13.5. The summed E-state index contributed by atoms with van der Waals surface area (Å²) in [4.78, 5) is 45.7. The van der Waals surface area contributed by atoms with Crippen LogP contribution in [0, 0.1) is 0 Å². The van der Waals surface area contributed by atoms with Crippen LogP contribution in [0.4, 0.5) is 0 Å². The molecule has 32 heavy (non-hydrogen) atoms. The number of methoxy groups -OCH3 is 1. The summed E-state index contributed by atoms with van der Waals surface area (Å²) in [5, 5.41) is 0.796. The minimum Gasteiger partial charge on any atom is -0.467 e. The molecule has 1 N–H and O–H groups in total. The normalized spacial score (nSPS) is 21.7. The molecule has 2 aliphatic heterocycles. The van der Waals surface area contributed by atoms with Crippen molar-refractivity contribution in [1.82, 2.24) is 14.8 Å². The first-order chi connectivity index (χ1) is 15.6. The second kappa shape index (κ2) is 8.35. The Labute approximate surface area is 189 Å². The molecule has 0 aliphatic carbocycles. The number of ether oxygens (including phenoxy) is 1. The van der Waals surface area contributed by atoms with Crippen LogP contribution in [0.25, 0.3) is 10.9 Å². The molecule has 1 aromatic heterocycles. The van der Waals surface area contributed by atoms with Crippen LogP contribution in [-0.2, 0) is 25.5 Å². The number of para-hydroxylation sites is 1. The number of carbonyl (C=O) groups is 3. The lowest BCUT2D eigenvalue weighted by Crippen LogP contribution is -2.62. The SMILES string of the molecule is COC(=O)C(Cc1c[nH]c2ccccc12)N1CC(=O)N2[C@@H](c3ccccc3)SC[C@H]2C1=O. The first-order valence-electron chi connectivity index (χ1n) is 10.5. The molecule has 0 spiro atoms. The third-order valence-corrected chi connectivity index (χ3v) is 7.51.